The van der Waals surface area contributed by atoms with Crippen LogP contribution in [0.2, 0.25) is 0 Å². The van der Waals surface area contributed by atoms with Crippen LogP contribution in [0.25, 0.3) is 0 Å². The number of anilines is 1. The molecule has 0 saturated carbocycles. The monoisotopic (exact) mass is 383 g/mol. The van der Waals surface area contributed by atoms with Gasteiger partial charge in [-0.05, 0) is 25.2 Å². The fourth-order valence-corrected chi connectivity index (χ4v) is 3.39. The maximum atomic E-state index is 12.6. The number of benzene rings is 1. The molecule has 1 N–H and O–H groups in total. The molecule has 3 rings (SSSR count). The van der Waals surface area contributed by atoms with Crippen LogP contribution in [0.1, 0.15) is 11.1 Å². The number of piperazine rings is 1. The molecule has 2 heterocycles. The zero-order valence-corrected chi connectivity index (χ0v) is 17.1. The zero-order chi connectivity index (χ0) is 20.1. The second kappa shape index (κ2) is 8.88. The third kappa shape index (κ3) is 4.89. The number of hydrogen-bond acceptors (Lipinski definition) is 4. The average Bonchev–Trinajstić information content (AvgIpc) is 3.08. The minimum absolute atomic E-state index is 0.0511. The molecule has 0 unspecified atom stereocenters. The molecule has 1 amide bonds. The number of rotatable bonds is 5. The molecule has 1 fully saturated rings. The van der Waals surface area contributed by atoms with E-state index in [0.29, 0.717) is 19.6 Å². The molecule has 8 nitrogen and oxygen atoms in total. The van der Waals surface area contributed by atoms with Gasteiger partial charge in [-0.15, -0.1) is 0 Å². The van der Waals surface area contributed by atoms with Crippen LogP contribution >= 0.6 is 0 Å². The number of nitrogens with one attached hydrogen (secondary N) is 1. The number of aryl methyl sites for hydroxylation is 1. The van der Waals surface area contributed by atoms with Crippen LogP contribution in [-0.2, 0) is 24.9 Å². The predicted octanol–water partition coefficient (Wildman–Crippen LogP) is 0.906. The highest BCUT2D eigenvalue weighted by atomic mass is 16.2. The van der Waals surface area contributed by atoms with Gasteiger partial charge in [-0.25, -0.2) is 0 Å². The lowest BCUT2D eigenvalue weighted by atomic mass is 10.1. The lowest BCUT2D eigenvalue weighted by molar-refractivity contribution is -0.120. The summed E-state index contributed by atoms with van der Waals surface area (Å²) in [6, 6.07) is 8.51. The van der Waals surface area contributed by atoms with Crippen LogP contribution < -0.4 is 10.2 Å². The molecule has 8 heteroatoms. The van der Waals surface area contributed by atoms with Crippen molar-refractivity contribution in [2.45, 2.75) is 13.1 Å². The van der Waals surface area contributed by atoms with Gasteiger partial charge in [0.15, 0.2) is 5.96 Å². The molecule has 150 valence electrons. The second-order valence-electron chi connectivity index (χ2n) is 7.30. The summed E-state index contributed by atoms with van der Waals surface area (Å²) < 4.78 is 1.71. The molecular weight excluding hydrogens is 354 g/mol. The fourth-order valence-electron chi connectivity index (χ4n) is 3.39. The predicted molar refractivity (Wildman–Crippen MR) is 111 cm³/mol. The fraction of sp³-hybridized carbons (Fsp3) is 0.450. The van der Waals surface area contributed by atoms with Crippen LogP contribution in [0.3, 0.4) is 0 Å². The van der Waals surface area contributed by atoms with E-state index >= 15 is 0 Å². The first kappa shape index (κ1) is 19.9. The van der Waals surface area contributed by atoms with Crippen molar-refractivity contribution in [3.63, 3.8) is 0 Å². The normalized spacial score (nSPS) is 15.5. The summed E-state index contributed by atoms with van der Waals surface area (Å²) in [6.45, 7) is 3.22. The standard InChI is InChI=1S/C20H29N7O/c1-21-20(22-11-16-6-5-7-17(10-16)13-24(2)3)26-8-9-27(19(28)15-26)18-12-23-25(4)14-18/h5-7,10,12,14H,8-9,11,13,15H2,1-4H3,(H,21,22). The molecule has 0 aliphatic carbocycles. The number of carbonyl (C=O) groups excluding carboxylic acids is 1. The van der Waals surface area contributed by atoms with Crippen LogP contribution in [0.15, 0.2) is 41.7 Å². The number of carbonyl (C=O) groups is 1. The highest BCUT2D eigenvalue weighted by Gasteiger charge is 2.27. The van der Waals surface area contributed by atoms with Crippen molar-refractivity contribution in [1.82, 2.24) is 24.9 Å². The van der Waals surface area contributed by atoms with Crippen molar-refractivity contribution in [3.05, 3.63) is 47.8 Å². The van der Waals surface area contributed by atoms with Crippen LogP contribution in [0.5, 0.6) is 0 Å². The van der Waals surface area contributed by atoms with Gasteiger partial charge in [0.05, 0.1) is 11.9 Å². The van der Waals surface area contributed by atoms with Crippen molar-refractivity contribution in [2.75, 3.05) is 45.7 Å². The van der Waals surface area contributed by atoms with E-state index in [1.807, 2.05) is 18.1 Å². The number of nitrogens with zero attached hydrogens (tertiary/aromatic N) is 6. The molecule has 1 aliphatic heterocycles. The van der Waals surface area contributed by atoms with Crippen molar-refractivity contribution in [3.8, 4) is 0 Å². The lowest BCUT2D eigenvalue weighted by Gasteiger charge is -2.35. The molecular formula is C20H29N7O. The third-order valence-electron chi connectivity index (χ3n) is 4.68. The Morgan fingerprint density at radius 1 is 1.29 bits per heavy atom. The minimum Gasteiger partial charge on any atom is -0.352 e. The van der Waals surface area contributed by atoms with Gasteiger partial charge in [0.1, 0.15) is 6.54 Å². The Balaban J connectivity index is 1.58. The van der Waals surface area contributed by atoms with Gasteiger partial charge < -0.3 is 20.0 Å². The highest BCUT2D eigenvalue weighted by Crippen LogP contribution is 2.16. The molecule has 2 aromatic rings. The van der Waals surface area contributed by atoms with E-state index in [0.717, 1.165) is 24.7 Å². The molecule has 1 saturated heterocycles. The number of hydrogen-bond donors (Lipinski definition) is 1. The van der Waals surface area contributed by atoms with Gasteiger partial charge in [-0.1, -0.05) is 24.3 Å². The van der Waals surface area contributed by atoms with Gasteiger partial charge in [-0.2, -0.15) is 5.10 Å². The van der Waals surface area contributed by atoms with E-state index in [1.54, 1.807) is 22.8 Å². The summed E-state index contributed by atoms with van der Waals surface area (Å²) >= 11 is 0. The van der Waals surface area contributed by atoms with Crippen LogP contribution in [0, 0.1) is 0 Å². The van der Waals surface area contributed by atoms with E-state index in [9.17, 15) is 4.79 Å². The summed E-state index contributed by atoms with van der Waals surface area (Å²) in [7, 11) is 7.73. The van der Waals surface area contributed by atoms with Gasteiger partial charge in [0.25, 0.3) is 0 Å². The average molecular weight is 384 g/mol. The van der Waals surface area contributed by atoms with Gasteiger partial charge in [0.2, 0.25) is 5.91 Å². The molecule has 0 atom stereocenters. The van der Waals surface area contributed by atoms with Gasteiger partial charge >= 0.3 is 0 Å². The SMILES string of the molecule is CN=C(NCc1cccc(CN(C)C)c1)N1CCN(c2cnn(C)c2)C(=O)C1. The Morgan fingerprint density at radius 2 is 2.07 bits per heavy atom. The number of aliphatic imine (C=N–C) groups is 1. The summed E-state index contributed by atoms with van der Waals surface area (Å²) in [5.41, 5.74) is 3.31. The quantitative estimate of drug-likeness (QED) is 0.614. The Morgan fingerprint density at radius 3 is 2.71 bits per heavy atom. The van der Waals surface area contributed by atoms with Crippen LogP contribution in [0.4, 0.5) is 5.69 Å². The Hall–Kier alpha value is -2.87. The van der Waals surface area contributed by atoms with E-state index in [1.165, 1.54) is 11.1 Å². The van der Waals surface area contributed by atoms with E-state index in [4.69, 9.17) is 0 Å². The summed E-state index contributed by atoms with van der Waals surface area (Å²) in [5.74, 6) is 0.798. The Bertz CT molecular complexity index is 843. The molecule has 1 aromatic carbocycles. The van der Waals surface area contributed by atoms with Crippen molar-refractivity contribution < 1.29 is 4.79 Å². The number of aromatic nitrogens is 2. The smallest absolute Gasteiger partial charge is 0.246 e. The molecule has 0 spiro atoms. The first-order chi connectivity index (χ1) is 13.5. The molecule has 1 aliphatic rings. The number of guanidine groups is 1. The molecule has 1 aromatic heterocycles. The summed E-state index contributed by atoms with van der Waals surface area (Å²) in [4.78, 5) is 22.9. The Labute approximate surface area is 166 Å². The van der Waals surface area contributed by atoms with E-state index in [2.05, 4.69) is 58.7 Å². The van der Waals surface area contributed by atoms with Crippen molar-refractivity contribution >= 4 is 17.6 Å². The first-order valence-electron chi connectivity index (χ1n) is 9.43. The largest absolute Gasteiger partial charge is 0.352 e. The molecule has 28 heavy (non-hydrogen) atoms. The summed E-state index contributed by atoms with van der Waals surface area (Å²) in [6.07, 6.45) is 3.59. The molecule has 0 bridgehead atoms. The maximum Gasteiger partial charge on any atom is 0.246 e. The lowest BCUT2D eigenvalue weighted by Crippen LogP contribution is -2.55. The summed E-state index contributed by atoms with van der Waals surface area (Å²) in [5, 5.41) is 7.54. The molecule has 0 radical (unpaired) electrons. The van der Waals surface area contributed by atoms with Gasteiger partial charge in [-0.3, -0.25) is 14.5 Å². The second-order valence-corrected chi connectivity index (χ2v) is 7.30. The van der Waals surface area contributed by atoms with Crippen molar-refractivity contribution in [2.24, 2.45) is 12.0 Å². The highest BCUT2D eigenvalue weighted by molar-refractivity contribution is 5.98. The maximum absolute atomic E-state index is 12.6. The first-order valence-corrected chi connectivity index (χ1v) is 9.43. The third-order valence-corrected chi connectivity index (χ3v) is 4.68. The zero-order valence-electron chi connectivity index (χ0n) is 17.1. The van der Waals surface area contributed by atoms with Crippen LogP contribution in [-0.4, -0.2) is 72.2 Å². The minimum atomic E-state index is 0.0511. The van der Waals surface area contributed by atoms with Gasteiger partial charge in [0, 0.05) is 46.5 Å². The Kier molecular flexibility index (Phi) is 6.30. The van der Waals surface area contributed by atoms with Crippen molar-refractivity contribution in [1.29, 1.82) is 0 Å². The topological polar surface area (TPSA) is 69.0 Å². The number of amides is 1. The van der Waals surface area contributed by atoms with E-state index in [-0.39, 0.29) is 5.91 Å². The van der Waals surface area contributed by atoms with E-state index < -0.39 is 0 Å².